The van der Waals surface area contributed by atoms with Gasteiger partial charge in [0.15, 0.2) is 0 Å². The Hall–Kier alpha value is -0.570. The SMILES string of the molecule is CC.CCN(C)C(=O)C(OC)C(C)C. The molecule has 0 rings (SSSR count). The van der Waals surface area contributed by atoms with E-state index in [-0.39, 0.29) is 17.9 Å². The number of amides is 1. The first-order valence-electron chi connectivity index (χ1n) is 5.32. The molecule has 0 radical (unpaired) electrons. The van der Waals surface area contributed by atoms with Crippen LogP contribution in [0.1, 0.15) is 34.6 Å². The smallest absolute Gasteiger partial charge is 0.251 e. The molecule has 0 aromatic rings. The van der Waals surface area contributed by atoms with Gasteiger partial charge in [-0.25, -0.2) is 0 Å². The fourth-order valence-corrected chi connectivity index (χ4v) is 1.03. The number of nitrogens with zero attached hydrogens (tertiary/aromatic N) is 1. The van der Waals surface area contributed by atoms with Crippen LogP contribution in [0, 0.1) is 5.92 Å². The standard InChI is InChI=1S/C9H19NO2.C2H6/c1-6-10(4)9(11)8(12-5)7(2)3;1-2/h7-8H,6H2,1-5H3;1-2H3. The van der Waals surface area contributed by atoms with Gasteiger partial charge in [-0.15, -0.1) is 0 Å². The Balaban J connectivity index is 0. The third-order valence-electron chi connectivity index (χ3n) is 1.95. The van der Waals surface area contributed by atoms with Crippen molar-refractivity contribution in [3.05, 3.63) is 0 Å². The fourth-order valence-electron chi connectivity index (χ4n) is 1.03. The Morgan fingerprint density at radius 1 is 1.36 bits per heavy atom. The fraction of sp³-hybridized carbons (Fsp3) is 0.909. The summed E-state index contributed by atoms with van der Waals surface area (Å²) in [6, 6.07) is 0. The van der Waals surface area contributed by atoms with Crippen LogP contribution in [0.15, 0.2) is 0 Å². The summed E-state index contributed by atoms with van der Waals surface area (Å²) in [6.07, 6.45) is -0.296. The van der Waals surface area contributed by atoms with E-state index in [1.807, 2.05) is 34.6 Å². The van der Waals surface area contributed by atoms with E-state index in [0.29, 0.717) is 0 Å². The third-order valence-corrected chi connectivity index (χ3v) is 1.95. The van der Waals surface area contributed by atoms with E-state index in [4.69, 9.17) is 4.74 Å². The molecule has 0 aromatic carbocycles. The van der Waals surface area contributed by atoms with Crippen molar-refractivity contribution in [1.82, 2.24) is 4.90 Å². The molecule has 0 spiro atoms. The van der Waals surface area contributed by atoms with E-state index in [0.717, 1.165) is 6.54 Å². The first kappa shape index (κ1) is 15.9. The maximum absolute atomic E-state index is 11.5. The van der Waals surface area contributed by atoms with Crippen molar-refractivity contribution in [2.75, 3.05) is 20.7 Å². The highest BCUT2D eigenvalue weighted by atomic mass is 16.5. The normalized spacial score (nSPS) is 11.7. The molecule has 3 nitrogen and oxygen atoms in total. The highest BCUT2D eigenvalue weighted by molar-refractivity contribution is 5.80. The molecule has 3 heteroatoms. The highest BCUT2D eigenvalue weighted by Crippen LogP contribution is 2.08. The molecule has 0 fully saturated rings. The summed E-state index contributed by atoms with van der Waals surface area (Å²) in [5.74, 6) is 0.298. The van der Waals surface area contributed by atoms with E-state index in [1.54, 1.807) is 19.1 Å². The second-order valence-corrected chi connectivity index (χ2v) is 3.25. The summed E-state index contributed by atoms with van der Waals surface area (Å²) in [4.78, 5) is 13.2. The maximum Gasteiger partial charge on any atom is 0.251 e. The number of ether oxygens (including phenoxy) is 1. The Bertz CT molecular complexity index is 146. The molecule has 0 heterocycles. The van der Waals surface area contributed by atoms with Gasteiger partial charge in [0.05, 0.1) is 0 Å². The van der Waals surface area contributed by atoms with Crippen LogP contribution in [-0.2, 0) is 9.53 Å². The van der Waals surface area contributed by atoms with E-state index in [2.05, 4.69) is 0 Å². The molecule has 0 aliphatic rings. The van der Waals surface area contributed by atoms with Crippen molar-refractivity contribution in [2.24, 2.45) is 5.92 Å². The Morgan fingerprint density at radius 2 is 1.79 bits per heavy atom. The predicted molar refractivity (Wildman–Crippen MR) is 60.3 cm³/mol. The average molecular weight is 203 g/mol. The monoisotopic (exact) mass is 203 g/mol. The zero-order chi connectivity index (χ0) is 11.7. The molecule has 1 atom stereocenters. The summed E-state index contributed by atoms with van der Waals surface area (Å²) in [6.45, 7) is 10.6. The lowest BCUT2D eigenvalue weighted by Crippen LogP contribution is -2.40. The Labute approximate surface area is 88.4 Å². The molecule has 0 bridgehead atoms. The maximum atomic E-state index is 11.5. The van der Waals surface area contributed by atoms with Gasteiger partial charge in [-0.1, -0.05) is 27.7 Å². The number of hydrogen-bond acceptors (Lipinski definition) is 2. The van der Waals surface area contributed by atoms with Crippen LogP contribution in [0.5, 0.6) is 0 Å². The Kier molecular flexibility index (Phi) is 10.2. The molecular weight excluding hydrogens is 178 g/mol. The van der Waals surface area contributed by atoms with Crippen molar-refractivity contribution in [3.63, 3.8) is 0 Å². The van der Waals surface area contributed by atoms with Gasteiger partial charge in [-0.3, -0.25) is 4.79 Å². The molecule has 0 N–H and O–H groups in total. The van der Waals surface area contributed by atoms with Gasteiger partial charge in [0.25, 0.3) is 5.91 Å². The van der Waals surface area contributed by atoms with Gasteiger partial charge in [0.2, 0.25) is 0 Å². The molecule has 0 aliphatic heterocycles. The molecule has 0 saturated heterocycles. The van der Waals surface area contributed by atoms with E-state index in [9.17, 15) is 4.79 Å². The molecule has 86 valence electrons. The van der Waals surface area contributed by atoms with Crippen molar-refractivity contribution >= 4 is 5.91 Å². The molecular formula is C11H25NO2. The minimum absolute atomic E-state index is 0.0648. The van der Waals surface area contributed by atoms with Gasteiger partial charge in [0, 0.05) is 20.7 Å². The lowest BCUT2D eigenvalue weighted by molar-refractivity contribution is -0.142. The lowest BCUT2D eigenvalue weighted by Gasteiger charge is -2.23. The van der Waals surface area contributed by atoms with Gasteiger partial charge in [0.1, 0.15) is 6.10 Å². The van der Waals surface area contributed by atoms with Crippen LogP contribution in [0.4, 0.5) is 0 Å². The quantitative estimate of drug-likeness (QED) is 0.700. The molecule has 1 amide bonds. The topological polar surface area (TPSA) is 29.5 Å². The number of carbonyl (C=O) groups is 1. The van der Waals surface area contributed by atoms with Crippen molar-refractivity contribution in [2.45, 2.75) is 40.7 Å². The Morgan fingerprint density at radius 3 is 2.00 bits per heavy atom. The van der Waals surface area contributed by atoms with Crippen LogP contribution in [0.3, 0.4) is 0 Å². The zero-order valence-electron chi connectivity index (χ0n) is 10.6. The van der Waals surface area contributed by atoms with Crippen LogP contribution in [-0.4, -0.2) is 37.6 Å². The average Bonchev–Trinajstić information content (AvgIpc) is 2.20. The highest BCUT2D eigenvalue weighted by Gasteiger charge is 2.23. The number of carbonyl (C=O) groups excluding carboxylic acids is 1. The zero-order valence-corrected chi connectivity index (χ0v) is 10.6. The van der Waals surface area contributed by atoms with Gasteiger partial charge in [-0.05, 0) is 12.8 Å². The number of likely N-dealkylation sites (N-methyl/N-ethyl adjacent to an activating group) is 1. The van der Waals surface area contributed by atoms with Crippen LogP contribution in [0.2, 0.25) is 0 Å². The summed E-state index contributed by atoms with van der Waals surface area (Å²) < 4.78 is 5.11. The molecule has 0 aliphatic carbocycles. The van der Waals surface area contributed by atoms with Crippen molar-refractivity contribution in [3.8, 4) is 0 Å². The lowest BCUT2D eigenvalue weighted by atomic mass is 10.1. The van der Waals surface area contributed by atoms with Gasteiger partial charge >= 0.3 is 0 Å². The number of hydrogen-bond donors (Lipinski definition) is 0. The van der Waals surface area contributed by atoms with Crippen LogP contribution < -0.4 is 0 Å². The summed E-state index contributed by atoms with van der Waals surface area (Å²) >= 11 is 0. The predicted octanol–water partition coefficient (Wildman–Crippen LogP) is 2.16. The van der Waals surface area contributed by atoms with Crippen molar-refractivity contribution in [1.29, 1.82) is 0 Å². The van der Waals surface area contributed by atoms with Gasteiger partial charge < -0.3 is 9.64 Å². The first-order chi connectivity index (χ1) is 6.54. The van der Waals surface area contributed by atoms with Crippen LogP contribution >= 0.6 is 0 Å². The second kappa shape index (κ2) is 9.00. The molecule has 1 unspecified atom stereocenters. The number of methoxy groups -OCH3 is 1. The summed E-state index contributed by atoms with van der Waals surface area (Å²) in [7, 11) is 3.36. The molecule has 0 aromatic heterocycles. The van der Waals surface area contributed by atoms with Crippen molar-refractivity contribution < 1.29 is 9.53 Å². The third kappa shape index (κ3) is 5.22. The van der Waals surface area contributed by atoms with Crippen LogP contribution in [0.25, 0.3) is 0 Å². The van der Waals surface area contributed by atoms with E-state index >= 15 is 0 Å². The minimum Gasteiger partial charge on any atom is -0.371 e. The van der Waals surface area contributed by atoms with E-state index < -0.39 is 0 Å². The number of rotatable bonds is 4. The second-order valence-electron chi connectivity index (χ2n) is 3.25. The van der Waals surface area contributed by atoms with E-state index in [1.165, 1.54) is 0 Å². The summed E-state index contributed by atoms with van der Waals surface area (Å²) in [5.41, 5.74) is 0. The first-order valence-corrected chi connectivity index (χ1v) is 5.32. The van der Waals surface area contributed by atoms with Gasteiger partial charge in [-0.2, -0.15) is 0 Å². The molecule has 0 saturated carbocycles. The summed E-state index contributed by atoms with van der Waals surface area (Å²) in [5, 5.41) is 0. The minimum atomic E-state index is -0.296. The largest absolute Gasteiger partial charge is 0.371 e. The molecule has 14 heavy (non-hydrogen) atoms.